The molecule has 15 heavy (non-hydrogen) atoms. The molecule has 1 aromatic rings. The lowest BCUT2D eigenvalue weighted by Crippen LogP contribution is -2.30. The van der Waals surface area contributed by atoms with Crippen LogP contribution in [-0.2, 0) is 0 Å². The van der Waals surface area contributed by atoms with Crippen LogP contribution in [0.4, 0.5) is 8.78 Å². The van der Waals surface area contributed by atoms with Crippen LogP contribution in [-0.4, -0.2) is 5.25 Å². The second kappa shape index (κ2) is 3.76. The zero-order valence-corrected chi connectivity index (χ0v) is 9.44. The molecule has 0 saturated carbocycles. The Balaban J connectivity index is 2.51. The molecular weight excluding hydrogens is 216 g/mol. The van der Waals surface area contributed by atoms with E-state index in [-0.39, 0.29) is 12.0 Å². The molecule has 0 saturated heterocycles. The van der Waals surface area contributed by atoms with E-state index in [0.29, 0.717) is 5.25 Å². The average Bonchev–Trinajstić information content (AvgIpc) is 2.19. The molecule has 1 heterocycles. The summed E-state index contributed by atoms with van der Waals surface area (Å²) in [5.74, 6) is -1.34. The molecule has 2 N–H and O–H groups in total. The van der Waals surface area contributed by atoms with E-state index >= 15 is 0 Å². The summed E-state index contributed by atoms with van der Waals surface area (Å²) >= 11 is 1.56. The van der Waals surface area contributed by atoms with Gasteiger partial charge in [0.05, 0.1) is 0 Å². The Labute approximate surface area is 92.0 Å². The van der Waals surface area contributed by atoms with E-state index in [1.54, 1.807) is 11.8 Å². The standard InChI is InChI=1S/C11H13F2NS/c1-5-6(2)15-10-4-9(13)8(12)3-7(10)11(5)14/h3-6,11H,14H2,1-2H3. The van der Waals surface area contributed by atoms with Crippen molar-refractivity contribution < 1.29 is 8.78 Å². The predicted octanol–water partition coefficient (Wildman–Crippen LogP) is 3.09. The fourth-order valence-electron chi connectivity index (χ4n) is 1.79. The monoisotopic (exact) mass is 229 g/mol. The van der Waals surface area contributed by atoms with Gasteiger partial charge in [-0.3, -0.25) is 0 Å². The predicted molar refractivity (Wildman–Crippen MR) is 57.8 cm³/mol. The minimum Gasteiger partial charge on any atom is -0.324 e. The SMILES string of the molecule is CC1Sc2cc(F)c(F)cc2C(N)C1C. The molecule has 0 fully saturated rings. The first-order valence-corrected chi connectivity index (χ1v) is 5.80. The number of halogens is 2. The van der Waals surface area contributed by atoms with Gasteiger partial charge < -0.3 is 5.73 Å². The summed E-state index contributed by atoms with van der Waals surface area (Å²) in [5.41, 5.74) is 6.72. The van der Waals surface area contributed by atoms with Crippen LogP contribution in [0.3, 0.4) is 0 Å². The van der Waals surface area contributed by atoms with Crippen LogP contribution in [0.1, 0.15) is 25.5 Å². The highest BCUT2D eigenvalue weighted by molar-refractivity contribution is 8.00. The maximum atomic E-state index is 13.1. The fraction of sp³-hybridized carbons (Fsp3) is 0.455. The van der Waals surface area contributed by atoms with E-state index in [9.17, 15) is 8.78 Å². The van der Waals surface area contributed by atoms with Crippen molar-refractivity contribution in [3.8, 4) is 0 Å². The smallest absolute Gasteiger partial charge is 0.159 e. The molecule has 0 bridgehead atoms. The van der Waals surface area contributed by atoms with E-state index in [0.717, 1.165) is 10.5 Å². The van der Waals surface area contributed by atoms with Crippen LogP contribution in [0, 0.1) is 17.6 Å². The zero-order valence-electron chi connectivity index (χ0n) is 8.63. The van der Waals surface area contributed by atoms with Crippen LogP contribution in [0.5, 0.6) is 0 Å². The normalized spacial score (nSPS) is 30.1. The van der Waals surface area contributed by atoms with Gasteiger partial charge in [-0.25, -0.2) is 8.78 Å². The first-order valence-electron chi connectivity index (χ1n) is 4.92. The van der Waals surface area contributed by atoms with E-state index < -0.39 is 11.6 Å². The molecule has 0 aromatic heterocycles. The van der Waals surface area contributed by atoms with Crippen molar-refractivity contribution in [2.24, 2.45) is 11.7 Å². The van der Waals surface area contributed by atoms with Crippen molar-refractivity contribution in [3.05, 3.63) is 29.3 Å². The topological polar surface area (TPSA) is 26.0 Å². The lowest BCUT2D eigenvalue weighted by Gasteiger charge is -2.33. The third-order valence-electron chi connectivity index (χ3n) is 3.03. The van der Waals surface area contributed by atoms with E-state index in [1.807, 2.05) is 6.92 Å². The molecule has 0 amide bonds. The van der Waals surface area contributed by atoms with Crippen LogP contribution in [0.15, 0.2) is 17.0 Å². The summed E-state index contributed by atoms with van der Waals surface area (Å²) in [6, 6.07) is 2.27. The molecule has 82 valence electrons. The summed E-state index contributed by atoms with van der Waals surface area (Å²) in [6.07, 6.45) is 0. The molecule has 1 aromatic carbocycles. The van der Waals surface area contributed by atoms with Crippen molar-refractivity contribution in [1.82, 2.24) is 0 Å². The van der Waals surface area contributed by atoms with Gasteiger partial charge in [0.15, 0.2) is 11.6 Å². The van der Waals surface area contributed by atoms with Gasteiger partial charge in [-0.05, 0) is 23.6 Å². The summed E-state index contributed by atoms with van der Waals surface area (Å²) in [5, 5.41) is 0.331. The van der Waals surface area contributed by atoms with E-state index in [2.05, 4.69) is 6.92 Å². The Morgan fingerprint density at radius 1 is 1.20 bits per heavy atom. The highest BCUT2D eigenvalue weighted by atomic mass is 32.2. The van der Waals surface area contributed by atoms with Gasteiger partial charge in [0.2, 0.25) is 0 Å². The van der Waals surface area contributed by atoms with E-state index in [4.69, 9.17) is 5.73 Å². The third-order valence-corrected chi connectivity index (χ3v) is 4.44. The van der Waals surface area contributed by atoms with Crippen molar-refractivity contribution >= 4 is 11.8 Å². The van der Waals surface area contributed by atoms with Gasteiger partial charge >= 0.3 is 0 Å². The van der Waals surface area contributed by atoms with Gasteiger partial charge in [0, 0.05) is 16.2 Å². The Bertz CT molecular complexity index is 394. The highest BCUT2D eigenvalue weighted by Crippen LogP contribution is 2.43. The van der Waals surface area contributed by atoms with E-state index in [1.165, 1.54) is 12.1 Å². The molecule has 2 rings (SSSR count). The number of rotatable bonds is 0. The summed E-state index contributed by atoms with van der Waals surface area (Å²) in [6.45, 7) is 4.09. The van der Waals surface area contributed by atoms with Crippen molar-refractivity contribution in [3.63, 3.8) is 0 Å². The summed E-state index contributed by atoms with van der Waals surface area (Å²) in [7, 11) is 0. The Morgan fingerprint density at radius 3 is 2.47 bits per heavy atom. The molecule has 3 unspecified atom stereocenters. The maximum Gasteiger partial charge on any atom is 0.159 e. The lowest BCUT2D eigenvalue weighted by molar-refractivity contribution is 0.442. The number of nitrogens with two attached hydrogens (primary N) is 1. The molecule has 0 spiro atoms. The van der Waals surface area contributed by atoms with Gasteiger partial charge in [0.25, 0.3) is 0 Å². The maximum absolute atomic E-state index is 13.1. The molecule has 1 nitrogen and oxygen atoms in total. The number of hydrogen-bond acceptors (Lipinski definition) is 2. The zero-order chi connectivity index (χ0) is 11.2. The van der Waals surface area contributed by atoms with Crippen molar-refractivity contribution in [2.75, 3.05) is 0 Å². The van der Waals surface area contributed by atoms with Crippen molar-refractivity contribution in [1.29, 1.82) is 0 Å². The summed E-state index contributed by atoms with van der Waals surface area (Å²) < 4.78 is 26.1. The van der Waals surface area contributed by atoms with Crippen molar-refractivity contribution in [2.45, 2.75) is 30.0 Å². The molecule has 1 aliphatic rings. The fourth-order valence-corrected chi connectivity index (χ4v) is 3.08. The molecule has 1 aliphatic heterocycles. The minimum atomic E-state index is -0.813. The Kier molecular flexibility index (Phi) is 2.73. The second-order valence-electron chi connectivity index (χ2n) is 4.01. The lowest BCUT2D eigenvalue weighted by atomic mass is 9.92. The quantitative estimate of drug-likeness (QED) is 0.739. The molecule has 0 radical (unpaired) electrons. The number of thioether (sulfide) groups is 1. The van der Waals surface area contributed by atoms with Gasteiger partial charge in [-0.2, -0.15) is 0 Å². The van der Waals surface area contributed by atoms with Gasteiger partial charge in [-0.15, -0.1) is 11.8 Å². The number of hydrogen-bond donors (Lipinski definition) is 1. The molecule has 0 aliphatic carbocycles. The Hall–Kier alpha value is -0.610. The minimum absolute atomic E-state index is 0.202. The first kappa shape index (κ1) is 10.9. The molecule has 3 atom stereocenters. The van der Waals surface area contributed by atoms with Crippen LogP contribution in [0.25, 0.3) is 0 Å². The third kappa shape index (κ3) is 1.76. The van der Waals surface area contributed by atoms with Crippen LogP contribution < -0.4 is 5.73 Å². The largest absolute Gasteiger partial charge is 0.324 e. The second-order valence-corrected chi connectivity index (χ2v) is 5.43. The van der Waals surface area contributed by atoms with Gasteiger partial charge in [0.1, 0.15) is 0 Å². The average molecular weight is 229 g/mol. The van der Waals surface area contributed by atoms with Gasteiger partial charge in [-0.1, -0.05) is 13.8 Å². The molecule has 4 heteroatoms. The summed E-state index contributed by atoms with van der Waals surface area (Å²) in [4.78, 5) is 0.770. The molecular formula is C11H13F2NS. The number of benzene rings is 1. The number of fused-ring (bicyclic) bond motifs is 1. The first-order chi connectivity index (χ1) is 7.00. The van der Waals surface area contributed by atoms with Crippen LogP contribution in [0.2, 0.25) is 0 Å². The van der Waals surface area contributed by atoms with Crippen LogP contribution >= 0.6 is 11.8 Å². The Morgan fingerprint density at radius 2 is 1.80 bits per heavy atom. The highest BCUT2D eigenvalue weighted by Gasteiger charge is 2.30.